The molecule has 1 saturated heterocycles. The molecule has 14 heavy (non-hydrogen) atoms. The van der Waals surface area contributed by atoms with Crippen LogP contribution in [0.3, 0.4) is 0 Å². The molecule has 1 rings (SSSR count). The summed E-state index contributed by atoms with van der Waals surface area (Å²) < 4.78 is 9.88. The maximum absolute atomic E-state index is 10.6. The number of carbonyl (C=O) groups is 1. The van der Waals surface area contributed by atoms with E-state index < -0.39 is 0 Å². The Balaban J connectivity index is 0. The van der Waals surface area contributed by atoms with E-state index in [0.717, 1.165) is 6.42 Å². The largest absolute Gasteiger partial charge is 0.444 e. The molecule has 0 saturated carbocycles. The lowest BCUT2D eigenvalue weighted by Gasteiger charge is -2.07. The molecule has 1 N–H and O–H groups in total. The molecule has 0 spiro atoms. The van der Waals surface area contributed by atoms with E-state index >= 15 is 0 Å². The summed E-state index contributed by atoms with van der Waals surface area (Å²) in [4.78, 5) is 10.6. The van der Waals surface area contributed by atoms with Gasteiger partial charge in [0.25, 0.3) is 0 Å². The summed E-state index contributed by atoms with van der Waals surface area (Å²) in [6, 6.07) is 0. The van der Waals surface area contributed by atoms with Crippen LogP contribution in [0.25, 0.3) is 0 Å². The van der Waals surface area contributed by atoms with Crippen LogP contribution in [0.2, 0.25) is 0 Å². The van der Waals surface area contributed by atoms with Crippen molar-refractivity contribution in [2.45, 2.75) is 40.2 Å². The number of nitrogens with one attached hydrogen (secondary N) is 1. The molecule has 0 aliphatic carbocycles. The fraction of sp³-hybridized carbons (Fsp3) is 0.900. The second-order valence-electron chi connectivity index (χ2n) is 2.14. The summed E-state index contributed by atoms with van der Waals surface area (Å²) in [5.74, 6) is 0. The predicted molar refractivity (Wildman–Crippen MR) is 57.5 cm³/mol. The number of rotatable bonds is 1. The number of hydrogen-bond acceptors (Lipinski definition) is 3. The first-order valence-corrected chi connectivity index (χ1v) is 5.29. The van der Waals surface area contributed by atoms with E-state index in [2.05, 4.69) is 5.32 Å². The fourth-order valence-electron chi connectivity index (χ4n) is 0.816. The van der Waals surface area contributed by atoms with Gasteiger partial charge in [-0.3, -0.25) is 0 Å². The van der Waals surface area contributed by atoms with Crippen LogP contribution in [0.1, 0.15) is 34.1 Å². The average molecular weight is 205 g/mol. The number of hydrogen-bond donors (Lipinski definition) is 1. The van der Waals surface area contributed by atoms with Crippen LogP contribution in [-0.4, -0.2) is 32.5 Å². The normalized spacial score (nSPS) is 18.2. The minimum atomic E-state index is -0.379. The molecule has 1 aliphatic heterocycles. The molecule has 4 nitrogen and oxygen atoms in total. The van der Waals surface area contributed by atoms with Crippen molar-refractivity contribution >= 4 is 6.09 Å². The van der Waals surface area contributed by atoms with Gasteiger partial charge in [-0.05, 0) is 0 Å². The molecule has 0 bridgehead atoms. The van der Waals surface area contributed by atoms with Gasteiger partial charge >= 0.3 is 6.09 Å². The molecule has 0 radical (unpaired) electrons. The zero-order valence-corrected chi connectivity index (χ0v) is 9.92. The summed E-state index contributed by atoms with van der Waals surface area (Å²) in [5, 5.41) is 2.38. The third-order valence-electron chi connectivity index (χ3n) is 1.37. The van der Waals surface area contributed by atoms with Crippen LogP contribution >= 0.6 is 0 Å². The highest BCUT2D eigenvalue weighted by Gasteiger charge is 2.18. The van der Waals surface area contributed by atoms with Crippen molar-refractivity contribution in [1.29, 1.82) is 0 Å². The SMILES string of the molecule is CC.CC.CNC(=O)OC1CCOC1. The average Bonchev–Trinajstić information content (AvgIpc) is 2.76. The van der Waals surface area contributed by atoms with Gasteiger partial charge in [-0.1, -0.05) is 27.7 Å². The van der Waals surface area contributed by atoms with Crippen LogP contribution < -0.4 is 5.32 Å². The van der Waals surface area contributed by atoms with E-state index in [1.54, 1.807) is 0 Å². The van der Waals surface area contributed by atoms with Crippen LogP contribution in [0.4, 0.5) is 4.79 Å². The highest BCUT2D eigenvalue weighted by atomic mass is 16.6. The first-order valence-electron chi connectivity index (χ1n) is 5.29. The molecule has 1 atom stereocenters. The summed E-state index contributed by atoms with van der Waals surface area (Å²) in [6.07, 6.45) is 0.392. The van der Waals surface area contributed by atoms with Gasteiger partial charge in [0.1, 0.15) is 6.10 Å². The Bertz CT molecular complexity index is 123. The van der Waals surface area contributed by atoms with Crippen molar-refractivity contribution in [3.05, 3.63) is 0 Å². The molecule has 1 unspecified atom stereocenters. The Hall–Kier alpha value is -0.770. The Morgan fingerprint density at radius 1 is 1.36 bits per heavy atom. The summed E-state index contributed by atoms with van der Waals surface area (Å²) in [7, 11) is 1.54. The van der Waals surface area contributed by atoms with Crippen LogP contribution in [0.5, 0.6) is 0 Å². The monoisotopic (exact) mass is 205 g/mol. The molecule has 1 amide bonds. The first-order chi connectivity index (χ1) is 6.83. The van der Waals surface area contributed by atoms with Crippen molar-refractivity contribution < 1.29 is 14.3 Å². The summed E-state index contributed by atoms with van der Waals surface area (Å²) in [5.41, 5.74) is 0. The highest BCUT2D eigenvalue weighted by Crippen LogP contribution is 2.07. The minimum absolute atomic E-state index is 0.0417. The predicted octanol–water partition coefficient (Wildman–Crippen LogP) is 2.18. The van der Waals surface area contributed by atoms with Gasteiger partial charge in [-0.25, -0.2) is 4.79 Å². The number of alkyl carbamates (subject to hydrolysis) is 1. The van der Waals surface area contributed by atoms with Gasteiger partial charge in [0, 0.05) is 13.5 Å². The zero-order valence-electron chi connectivity index (χ0n) is 9.92. The van der Waals surface area contributed by atoms with E-state index in [1.165, 1.54) is 7.05 Å². The molecule has 4 heteroatoms. The second kappa shape index (κ2) is 12.2. The molecular weight excluding hydrogens is 182 g/mol. The fourth-order valence-corrected chi connectivity index (χ4v) is 0.816. The molecule has 0 aromatic carbocycles. The summed E-state index contributed by atoms with van der Waals surface area (Å²) in [6.45, 7) is 9.23. The van der Waals surface area contributed by atoms with E-state index in [0.29, 0.717) is 13.2 Å². The molecular formula is C10H23NO3. The smallest absolute Gasteiger partial charge is 0.407 e. The zero-order chi connectivity index (χ0) is 11.4. The Morgan fingerprint density at radius 2 is 1.93 bits per heavy atom. The number of ether oxygens (including phenoxy) is 2. The quantitative estimate of drug-likeness (QED) is 0.713. The minimum Gasteiger partial charge on any atom is -0.444 e. The van der Waals surface area contributed by atoms with Gasteiger partial charge in [-0.2, -0.15) is 0 Å². The molecule has 0 aromatic rings. The van der Waals surface area contributed by atoms with Gasteiger partial charge < -0.3 is 14.8 Å². The Kier molecular flexibility index (Phi) is 13.7. The van der Waals surface area contributed by atoms with Gasteiger partial charge in [0.15, 0.2) is 0 Å². The summed E-state index contributed by atoms with van der Waals surface area (Å²) >= 11 is 0. The Morgan fingerprint density at radius 3 is 2.29 bits per heavy atom. The second-order valence-corrected chi connectivity index (χ2v) is 2.14. The maximum Gasteiger partial charge on any atom is 0.407 e. The van der Waals surface area contributed by atoms with Gasteiger partial charge in [-0.15, -0.1) is 0 Å². The van der Waals surface area contributed by atoms with Crippen molar-refractivity contribution in [3.63, 3.8) is 0 Å². The molecule has 1 heterocycles. The lowest BCUT2D eigenvalue weighted by molar-refractivity contribution is 0.0846. The van der Waals surface area contributed by atoms with Crippen molar-refractivity contribution in [3.8, 4) is 0 Å². The third-order valence-corrected chi connectivity index (χ3v) is 1.37. The van der Waals surface area contributed by atoms with E-state index in [-0.39, 0.29) is 12.2 Å². The van der Waals surface area contributed by atoms with E-state index in [9.17, 15) is 4.79 Å². The van der Waals surface area contributed by atoms with Crippen LogP contribution in [0, 0.1) is 0 Å². The van der Waals surface area contributed by atoms with Crippen LogP contribution in [-0.2, 0) is 9.47 Å². The van der Waals surface area contributed by atoms with E-state index in [4.69, 9.17) is 9.47 Å². The van der Waals surface area contributed by atoms with E-state index in [1.807, 2.05) is 27.7 Å². The molecule has 1 fully saturated rings. The standard InChI is InChI=1S/C6H11NO3.2C2H6/c1-7-6(8)10-5-2-3-9-4-5;2*1-2/h5H,2-4H2,1H3,(H,7,8);2*1-2H3. The number of amides is 1. The van der Waals surface area contributed by atoms with Crippen molar-refractivity contribution in [2.24, 2.45) is 0 Å². The lowest BCUT2D eigenvalue weighted by atomic mass is 10.3. The van der Waals surface area contributed by atoms with Gasteiger partial charge in [0.05, 0.1) is 13.2 Å². The third kappa shape index (κ3) is 7.86. The van der Waals surface area contributed by atoms with Crippen molar-refractivity contribution in [2.75, 3.05) is 20.3 Å². The first kappa shape index (κ1) is 15.7. The molecule has 1 aliphatic rings. The topological polar surface area (TPSA) is 47.6 Å². The maximum atomic E-state index is 10.6. The molecule has 0 aromatic heterocycles. The Labute approximate surface area is 87.0 Å². The van der Waals surface area contributed by atoms with Crippen LogP contribution in [0.15, 0.2) is 0 Å². The highest BCUT2D eigenvalue weighted by molar-refractivity contribution is 5.66. The lowest BCUT2D eigenvalue weighted by Crippen LogP contribution is -2.25. The number of carbonyl (C=O) groups excluding carboxylic acids is 1. The van der Waals surface area contributed by atoms with Crippen molar-refractivity contribution in [1.82, 2.24) is 5.32 Å². The van der Waals surface area contributed by atoms with Gasteiger partial charge in [0.2, 0.25) is 0 Å². The molecule has 86 valence electrons.